The van der Waals surface area contributed by atoms with Gasteiger partial charge in [-0.3, -0.25) is 14.6 Å². The predicted octanol–water partition coefficient (Wildman–Crippen LogP) is 1.88. The van der Waals surface area contributed by atoms with E-state index < -0.39 is 6.04 Å². The highest BCUT2D eigenvalue weighted by atomic mass is 16.7. The Labute approximate surface area is 151 Å². The summed E-state index contributed by atoms with van der Waals surface area (Å²) in [5.41, 5.74) is 1.36. The molecule has 7 heteroatoms. The topological polar surface area (TPSA) is 89.6 Å². The van der Waals surface area contributed by atoms with Gasteiger partial charge in [-0.15, -0.1) is 0 Å². The number of pyridine rings is 1. The largest absolute Gasteiger partial charge is 0.454 e. The molecule has 0 fully saturated rings. The lowest BCUT2D eigenvalue weighted by molar-refractivity contribution is -0.124. The molecule has 0 radical (unpaired) electrons. The molecule has 1 aromatic heterocycles. The maximum Gasteiger partial charge on any atom is 0.252 e. The predicted molar refractivity (Wildman–Crippen MR) is 94.7 cm³/mol. The standard InChI is InChI=1S/C19H21N3O4/c1-12(2)17(22-18(23)14-5-7-20-8-6-14)19(24)21-10-13-3-4-15-16(9-13)26-11-25-15/h3-9,12,17H,10-11H2,1-2H3,(H,21,24)(H,22,23)/t17-/m0/s1. The van der Waals surface area contributed by atoms with Gasteiger partial charge in [-0.1, -0.05) is 19.9 Å². The summed E-state index contributed by atoms with van der Waals surface area (Å²) in [4.78, 5) is 28.8. The van der Waals surface area contributed by atoms with Gasteiger partial charge < -0.3 is 20.1 Å². The van der Waals surface area contributed by atoms with E-state index >= 15 is 0 Å². The highest BCUT2D eigenvalue weighted by molar-refractivity contribution is 5.97. The molecule has 1 aromatic carbocycles. The van der Waals surface area contributed by atoms with E-state index in [1.807, 2.05) is 32.0 Å². The van der Waals surface area contributed by atoms with E-state index in [2.05, 4.69) is 15.6 Å². The fourth-order valence-corrected chi connectivity index (χ4v) is 2.61. The number of nitrogens with one attached hydrogen (secondary N) is 2. The van der Waals surface area contributed by atoms with Gasteiger partial charge in [0, 0.05) is 24.5 Å². The molecular weight excluding hydrogens is 334 g/mol. The van der Waals surface area contributed by atoms with E-state index in [0.717, 1.165) is 5.56 Å². The van der Waals surface area contributed by atoms with Crippen LogP contribution in [0.4, 0.5) is 0 Å². The SMILES string of the molecule is CC(C)[C@H](NC(=O)c1ccncc1)C(=O)NCc1ccc2c(c1)OCO2. The first-order valence-electron chi connectivity index (χ1n) is 8.41. The third-order valence-corrected chi connectivity index (χ3v) is 4.08. The second kappa shape index (κ2) is 7.86. The van der Waals surface area contributed by atoms with Crippen molar-refractivity contribution < 1.29 is 19.1 Å². The molecule has 2 amide bonds. The zero-order chi connectivity index (χ0) is 18.5. The molecule has 1 atom stereocenters. The van der Waals surface area contributed by atoms with Crippen LogP contribution in [0.1, 0.15) is 29.8 Å². The van der Waals surface area contributed by atoms with Gasteiger partial charge in [-0.05, 0) is 35.7 Å². The lowest BCUT2D eigenvalue weighted by Gasteiger charge is -2.21. The van der Waals surface area contributed by atoms with E-state index in [1.54, 1.807) is 24.5 Å². The number of benzene rings is 1. The smallest absolute Gasteiger partial charge is 0.252 e. The first kappa shape index (κ1) is 17.7. The molecule has 0 unspecified atom stereocenters. The Morgan fingerprint density at radius 3 is 2.58 bits per heavy atom. The van der Waals surface area contributed by atoms with Crippen LogP contribution in [0.3, 0.4) is 0 Å². The Bertz CT molecular complexity index is 793. The van der Waals surface area contributed by atoms with Crippen molar-refractivity contribution in [3.63, 3.8) is 0 Å². The van der Waals surface area contributed by atoms with Gasteiger partial charge in [0.15, 0.2) is 11.5 Å². The van der Waals surface area contributed by atoms with Crippen LogP contribution < -0.4 is 20.1 Å². The van der Waals surface area contributed by atoms with Gasteiger partial charge >= 0.3 is 0 Å². The van der Waals surface area contributed by atoms with Crippen molar-refractivity contribution >= 4 is 11.8 Å². The van der Waals surface area contributed by atoms with Crippen molar-refractivity contribution in [2.75, 3.05) is 6.79 Å². The fraction of sp³-hybridized carbons (Fsp3) is 0.316. The quantitative estimate of drug-likeness (QED) is 0.826. The molecule has 0 saturated heterocycles. The molecular formula is C19H21N3O4. The normalized spacial score (nSPS) is 13.3. The average molecular weight is 355 g/mol. The number of carbonyl (C=O) groups excluding carboxylic acids is 2. The molecule has 26 heavy (non-hydrogen) atoms. The molecule has 2 heterocycles. The van der Waals surface area contributed by atoms with Crippen LogP contribution in [0.25, 0.3) is 0 Å². The van der Waals surface area contributed by atoms with E-state index in [-0.39, 0.29) is 24.5 Å². The van der Waals surface area contributed by atoms with Crippen LogP contribution >= 0.6 is 0 Å². The summed E-state index contributed by atoms with van der Waals surface area (Å²) < 4.78 is 10.6. The molecule has 136 valence electrons. The molecule has 3 rings (SSSR count). The summed E-state index contributed by atoms with van der Waals surface area (Å²) >= 11 is 0. The maximum absolute atomic E-state index is 12.6. The number of rotatable bonds is 6. The zero-order valence-electron chi connectivity index (χ0n) is 14.7. The monoisotopic (exact) mass is 355 g/mol. The fourth-order valence-electron chi connectivity index (χ4n) is 2.61. The minimum Gasteiger partial charge on any atom is -0.454 e. The molecule has 2 aromatic rings. The second-order valence-electron chi connectivity index (χ2n) is 6.34. The number of nitrogens with zero attached hydrogens (tertiary/aromatic N) is 1. The minimum atomic E-state index is -0.635. The van der Waals surface area contributed by atoms with Crippen LogP contribution in [0, 0.1) is 5.92 Å². The first-order chi connectivity index (χ1) is 12.5. The summed E-state index contributed by atoms with van der Waals surface area (Å²) in [6, 6.07) is 8.10. The summed E-state index contributed by atoms with van der Waals surface area (Å²) in [7, 11) is 0. The zero-order valence-corrected chi connectivity index (χ0v) is 14.7. The van der Waals surface area contributed by atoms with Crippen LogP contribution in [0.5, 0.6) is 11.5 Å². The number of hydrogen-bond acceptors (Lipinski definition) is 5. The van der Waals surface area contributed by atoms with Crippen molar-refractivity contribution in [3.8, 4) is 11.5 Å². The van der Waals surface area contributed by atoms with Crippen LogP contribution in [0.15, 0.2) is 42.7 Å². The first-order valence-corrected chi connectivity index (χ1v) is 8.41. The number of carbonyl (C=O) groups is 2. The Morgan fingerprint density at radius 1 is 1.12 bits per heavy atom. The van der Waals surface area contributed by atoms with E-state index in [9.17, 15) is 9.59 Å². The van der Waals surface area contributed by atoms with E-state index in [4.69, 9.17) is 9.47 Å². The summed E-state index contributed by atoms with van der Waals surface area (Å²) in [5, 5.41) is 5.65. The van der Waals surface area contributed by atoms with Gasteiger partial charge in [0.05, 0.1) is 0 Å². The van der Waals surface area contributed by atoms with Gasteiger partial charge in [0.25, 0.3) is 5.91 Å². The molecule has 0 saturated carbocycles. The van der Waals surface area contributed by atoms with Crippen molar-refractivity contribution in [2.24, 2.45) is 5.92 Å². The highest BCUT2D eigenvalue weighted by Gasteiger charge is 2.24. The van der Waals surface area contributed by atoms with Crippen LogP contribution in [0.2, 0.25) is 0 Å². The molecule has 0 spiro atoms. The third kappa shape index (κ3) is 4.11. The summed E-state index contributed by atoms with van der Waals surface area (Å²) in [6.45, 7) is 4.32. The molecule has 1 aliphatic heterocycles. The van der Waals surface area contributed by atoms with E-state index in [1.165, 1.54) is 0 Å². The van der Waals surface area contributed by atoms with Gasteiger partial charge in [0.1, 0.15) is 6.04 Å². The lowest BCUT2D eigenvalue weighted by atomic mass is 10.0. The summed E-state index contributed by atoms with van der Waals surface area (Å²) in [6.07, 6.45) is 3.08. The summed E-state index contributed by atoms with van der Waals surface area (Å²) in [5.74, 6) is 0.773. The number of aromatic nitrogens is 1. The number of fused-ring (bicyclic) bond motifs is 1. The number of ether oxygens (including phenoxy) is 2. The number of amides is 2. The number of hydrogen-bond donors (Lipinski definition) is 2. The Balaban J connectivity index is 1.61. The van der Waals surface area contributed by atoms with E-state index in [0.29, 0.717) is 23.6 Å². The van der Waals surface area contributed by atoms with Crippen LogP contribution in [-0.4, -0.2) is 29.6 Å². The maximum atomic E-state index is 12.6. The van der Waals surface area contributed by atoms with Gasteiger partial charge in [-0.2, -0.15) is 0 Å². The van der Waals surface area contributed by atoms with Crippen molar-refractivity contribution in [1.82, 2.24) is 15.6 Å². The average Bonchev–Trinajstić information content (AvgIpc) is 3.12. The molecule has 0 aliphatic carbocycles. The Kier molecular flexibility index (Phi) is 5.36. The third-order valence-electron chi connectivity index (χ3n) is 4.08. The second-order valence-corrected chi connectivity index (χ2v) is 6.34. The van der Waals surface area contributed by atoms with Crippen molar-refractivity contribution in [3.05, 3.63) is 53.9 Å². The molecule has 0 bridgehead atoms. The Morgan fingerprint density at radius 2 is 1.85 bits per heavy atom. The highest BCUT2D eigenvalue weighted by Crippen LogP contribution is 2.32. The van der Waals surface area contributed by atoms with Gasteiger partial charge in [0.2, 0.25) is 12.7 Å². The lowest BCUT2D eigenvalue weighted by Crippen LogP contribution is -2.49. The molecule has 2 N–H and O–H groups in total. The molecule has 1 aliphatic rings. The van der Waals surface area contributed by atoms with Crippen molar-refractivity contribution in [1.29, 1.82) is 0 Å². The Hall–Kier alpha value is -3.09. The van der Waals surface area contributed by atoms with Crippen molar-refractivity contribution in [2.45, 2.75) is 26.4 Å². The minimum absolute atomic E-state index is 0.0578. The molecule has 7 nitrogen and oxygen atoms in total. The van der Waals surface area contributed by atoms with Crippen LogP contribution in [-0.2, 0) is 11.3 Å². The van der Waals surface area contributed by atoms with Gasteiger partial charge in [-0.25, -0.2) is 0 Å².